The first-order valence-corrected chi connectivity index (χ1v) is 16.7. The van der Waals surface area contributed by atoms with Crippen molar-refractivity contribution in [3.63, 3.8) is 0 Å². The van der Waals surface area contributed by atoms with Gasteiger partial charge in [0, 0.05) is 56.9 Å². The van der Waals surface area contributed by atoms with Crippen LogP contribution >= 0.6 is 0 Å². The van der Waals surface area contributed by atoms with Gasteiger partial charge in [-0.25, -0.2) is 0 Å². The van der Waals surface area contributed by atoms with Gasteiger partial charge in [-0.1, -0.05) is 214 Å². The number of hydrogen-bond acceptors (Lipinski definition) is 4. The molecule has 4 aromatic carbocycles. The van der Waals surface area contributed by atoms with E-state index in [1.54, 1.807) is 56.9 Å². The minimum atomic E-state index is 1.32. The van der Waals surface area contributed by atoms with Crippen molar-refractivity contribution in [3.8, 4) is 0 Å². The van der Waals surface area contributed by atoms with Crippen molar-refractivity contribution >= 4 is 0 Å². The van der Waals surface area contributed by atoms with E-state index >= 15 is 0 Å². The maximum atomic E-state index is 4.25. The van der Waals surface area contributed by atoms with E-state index in [0.29, 0.717) is 0 Å². The zero-order valence-corrected chi connectivity index (χ0v) is 34.4. The molecule has 4 rings (SSSR count). The summed E-state index contributed by atoms with van der Waals surface area (Å²) in [4.78, 5) is 0. The molecule has 0 saturated carbocycles. The molecule has 0 aromatic heterocycles. The highest BCUT2D eigenvalue weighted by Crippen LogP contribution is 1.92. The summed E-state index contributed by atoms with van der Waals surface area (Å²) in [5.74, 6) is 0. The van der Waals surface area contributed by atoms with Gasteiger partial charge in [0.15, 0.2) is 0 Å². The smallest absolute Gasteiger partial charge is 0.0351 e. The van der Waals surface area contributed by atoms with Crippen LogP contribution in [-0.4, -0.2) is 56.9 Å². The molecule has 0 saturated heterocycles. The molecule has 0 N–H and O–H groups in total. The van der Waals surface area contributed by atoms with Gasteiger partial charge in [-0.2, -0.15) is 0 Å². The second kappa shape index (κ2) is 104. The molecular formula is C43H80O4. The molecular weight excluding hydrogens is 580 g/mol. The lowest BCUT2D eigenvalue weighted by molar-refractivity contribution is 0.277. The molecule has 0 unspecified atom stereocenters. The number of methoxy groups -OCH3 is 4. The third-order valence-corrected chi connectivity index (χ3v) is 2.94. The zero-order valence-electron chi connectivity index (χ0n) is 34.4. The summed E-state index contributed by atoms with van der Waals surface area (Å²) in [6.45, 7) is 22.1. The maximum absolute atomic E-state index is 4.25. The molecule has 0 aliphatic heterocycles. The average molecular weight is 661 g/mol. The maximum Gasteiger partial charge on any atom is 0.0351 e. The van der Waals surface area contributed by atoms with Gasteiger partial charge in [0.25, 0.3) is 0 Å². The van der Waals surface area contributed by atoms with E-state index in [9.17, 15) is 0 Å². The highest BCUT2D eigenvalue weighted by atomic mass is 16.5. The number of hydrogen-bond donors (Lipinski definition) is 0. The van der Waals surface area contributed by atoms with Crippen LogP contribution in [0.25, 0.3) is 0 Å². The van der Waals surface area contributed by atoms with Gasteiger partial charge >= 0.3 is 0 Å². The van der Waals surface area contributed by atoms with Crippen LogP contribution in [0, 0.1) is 6.92 Å². The van der Waals surface area contributed by atoms with Crippen LogP contribution in [0.3, 0.4) is 0 Å². The Morgan fingerprint density at radius 2 is 0.319 bits per heavy atom. The van der Waals surface area contributed by atoms with Gasteiger partial charge in [-0.05, 0) is 6.92 Å². The number of benzene rings is 4. The van der Waals surface area contributed by atoms with Crippen LogP contribution in [0.2, 0.25) is 0 Å². The number of aryl methyl sites for hydroxylation is 1. The van der Waals surface area contributed by atoms with Gasteiger partial charge in [0.1, 0.15) is 0 Å². The molecule has 276 valence electrons. The lowest BCUT2D eigenvalue weighted by Crippen LogP contribution is -1.62. The summed E-state index contributed by atoms with van der Waals surface area (Å²) < 4.78 is 17.0. The molecule has 4 nitrogen and oxygen atoms in total. The lowest BCUT2D eigenvalue weighted by Gasteiger charge is -1.82. The fourth-order valence-electron chi connectivity index (χ4n) is 1.69. The van der Waals surface area contributed by atoms with Crippen LogP contribution in [0.15, 0.2) is 140 Å². The van der Waals surface area contributed by atoms with Crippen LogP contribution in [-0.2, 0) is 18.9 Å². The SMILES string of the molecule is CC.CC.CC.CC.CC.COC.COC.COC.COC.Cc1ccccc1.c1ccccc1.c1ccccc1.c1ccccc1. The molecule has 47 heavy (non-hydrogen) atoms. The van der Waals surface area contributed by atoms with Gasteiger partial charge in [-0.3, -0.25) is 0 Å². The van der Waals surface area contributed by atoms with Gasteiger partial charge < -0.3 is 18.9 Å². The molecule has 0 fully saturated rings. The van der Waals surface area contributed by atoms with Crippen molar-refractivity contribution in [2.24, 2.45) is 0 Å². The Bertz CT molecular complexity index is 606. The van der Waals surface area contributed by atoms with Crippen molar-refractivity contribution < 1.29 is 18.9 Å². The van der Waals surface area contributed by atoms with E-state index in [2.05, 4.69) is 38.0 Å². The standard InChI is InChI=1S/C7H8.3C6H6.4C2H6O.5C2H6/c1-7-5-3-2-4-6-7;3*1-2-4-6-5-3-1;4*1-3-2;5*1-2/h2-6H,1H3;3*1-6H;4*1-2H3;5*1-2H3. The van der Waals surface area contributed by atoms with E-state index in [1.165, 1.54) is 5.56 Å². The van der Waals surface area contributed by atoms with Crippen molar-refractivity contribution in [1.82, 2.24) is 0 Å². The van der Waals surface area contributed by atoms with Gasteiger partial charge in [0.2, 0.25) is 0 Å². The fourth-order valence-corrected chi connectivity index (χ4v) is 1.69. The first-order valence-electron chi connectivity index (χ1n) is 16.7. The van der Waals surface area contributed by atoms with Crippen LogP contribution in [0.5, 0.6) is 0 Å². The third kappa shape index (κ3) is 137. The van der Waals surface area contributed by atoms with Crippen LogP contribution in [0.1, 0.15) is 74.8 Å². The summed E-state index contributed by atoms with van der Waals surface area (Å²) >= 11 is 0. The molecule has 0 amide bonds. The van der Waals surface area contributed by atoms with Crippen LogP contribution in [0.4, 0.5) is 0 Å². The Balaban J connectivity index is -0.0000000492. The average Bonchev–Trinajstić information content (AvgIpc) is 3.17. The Hall–Kier alpha value is -3.28. The summed E-state index contributed by atoms with van der Waals surface area (Å²) in [6, 6.07) is 46.3. The largest absolute Gasteiger partial charge is 0.388 e. The van der Waals surface area contributed by atoms with E-state index in [0.717, 1.165) is 0 Å². The quantitative estimate of drug-likeness (QED) is 0.188. The second-order valence-electron chi connectivity index (χ2n) is 6.75. The monoisotopic (exact) mass is 661 g/mol. The first-order chi connectivity index (χ1) is 23.1. The van der Waals surface area contributed by atoms with E-state index in [1.807, 2.05) is 197 Å². The van der Waals surface area contributed by atoms with E-state index in [4.69, 9.17) is 0 Å². The number of ether oxygens (including phenoxy) is 4. The van der Waals surface area contributed by atoms with Gasteiger partial charge in [0.05, 0.1) is 0 Å². The Morgan fingerprint density at radius 3 is 0.383 bits per heavy atom. The predicted octanol–water partition coefficient (Wildman–Crippen LogP) is 13.2. The van der Waals surface area contributed by atoms with Crippen LogP contribution < -0.4 is 0 Å². The predicted molar refractivity (Wildman–Crippen MR) is 219 cm³/mol. The second-order valence-corrected chi connectivity index (χ2v) is 6.75. The van der Waals surface area contributed by atoms with E-state index in [-0.39, 0.29) is 0 Å². The fraction of sp³-hybridized carbons (Fsp3) is 0.442. The highest BCUT2D eigenvalue weighted by Gasteiger charge is 1.72. The molecule has 4 aromatic rings. The first kappa shape index (κ1) is 66.2. The zero-order chi connectivity index (χ0) is 38.7. The molecule has 0 heterocycles. The van der Waals surface area contributed by atoms with Crippen molar-refractivity contribution in [1.29, 1.82) is 0 Å². The summed E-state index contributed by atoms with van der Waals surface area (Å²) in [7, 11) is 13.0. The topological polar surface area (TPSA) is 36.9 Å². The summed E-state index contributed by atoms with van der Waals surface area (Å²) in [6.07, 6.45) is 0. The minimum absolute atomic E-state index is 1.32. The van der Waals surface area contributed by atoms with E-state index < -0.39 is 0 Å². The molecule has 0 aliphatic rings. The Labute approximate surface area is 296 Å². The van der Waals surface area contributed by atoms with Crippen molar-refractivity contribution in [2.45, 2.75) is 76.2 Å². The van der Waals surface area contributed by atoms with Crippen molar-refractivity contribution in [2.75, 3.05) is 56.9 Å². The normalized spacial score (nSPS) is 6.53. The Kier molecular flexibility index (Phi) is 147. The number of rotatable bonds is 0. The lowest BCUT2D eigenvalue weighted by atomic mass is 10.2. The Morgan fingerprint density at radius 1 is 0.234 bits per heavy atom. The minimum Gasteiger partial charge on any atom is -0.388 e. The summed E-state index contributed by atoms with van der Waals surface area (Å²) in [5, 5.41) is 0. The molecule has 0 spiro atoms. The molecule has 4 heteroatoms. The molecule has 0 radical (unpaired) electrons. The highest BCUT2D eigenvalue weighted by molar-refractivity contribution is 5.11. The third-order valence-electron chi connectivity index (χ3n) is 2.94. The van der Waals surface area contributed by atoms with Gasteiger partial charge in [-0.15, -0.1) is 0 Å². The van der Waals surface area contributed by atoms with Crippen molar-refractivity contribution in [3.05, 3.63) is 145 Å². The molecule has 0 aliphatic carbocycles. The molecule has 0 atom stereocenters. The molecule has 0 bridgehead atoms. The summed E-state index contributed by atoms with van der Waals surface area (Å²) in [5.41, 5.74) is 1.32.